The van der Waals surface area contributed by atoms with Crippen LogP contribution in [0.3, 0.4) is 0 Å². The van der Waals surface area contributed by atoms with Crippen LogP contribution in [0.25, 0.3) is 0 Å². The maximum absolute atomic E-state index is 13.0. The number of hydrogen-bond acceptors (Lipinski definition) is 10. The number of rotatable bonds is 5. The van der Waals surface area contributed by atoms with Gasteiger partial charge in [-0.05, 0) is 37.8 Å². The summed E-state index contributed by atoms with van der Waals surface area (Å²) in [6.45, 7) is 3.02. The zero-order valence-corrected chi connectivity index (χ0v) is 23.2. The van der Waals surface area contributed by atoms with Crippen LogP contribution in [0, 0.1) is 5.41 Å². The number of aliphatic hydroxyl groups excluding tert-OH is 1. The number of aromatic nitrogens is 4. The van der Waals surface area contributed by atoms with Crippen molar-refractivity contribution in [2.24, 2.45) is 5.41 Å². The molecule has 40 heavy (non-hydrogen) atoms. The third-order valence-electron chi connectivity index (χ3n) is 7.98. The summed E-state index contributed by atoms with van der Waals surface area (Å²) in [5, 5.41) is 24.2. The fourth-order valence-corrected chi connectivity index (χ4v) is 6.65. The highest BCUT2D eigenvalue weighted by molar-refractivity contribution is 7.99. The Hall–Kier alpha value is -3.19. The lowest BCUT2D eigenvalue weighted by atomic mass is 9.76. The summed E-state index contributed by atoms with van der Waals surface area (Å²) in [5.41, 5.74) is -0.823. The first-order valence-corrected chi connectivity index (χ1v) is 14.5. The molecule has 3 aliphatic heterocycles. The van der Waals surface area contributed by atoms with E-state index >= 15 is 0 Å². The van der Waals surface area contributed by atoms with E-state index in [-0.39, 0.29) is 10.4 Å². The molecule has 5 heterocycles. The van der Waals surface area contributed by atoms with Crippen LogP contribution in [0.1, 0.15) is 41.9 Å². The Bertz CT molecular complexity index is 1490. The molecule has 2 aromatic heterocycles. The van der Waals surface area contributed by atoms with Crippen molar-refractivity contribution in [1.29, 1.82) is 0 Å². The van der Waals surface area contributed by atoms with E-state index in [4.69, 9.17) is 16.3 Å². The van der Waals surface area contributed by atoms with Gasteiger partial charge < -0.3 is 25.2 Å². The number of aliphatic hydroxyl groups is 1. The number of ether oxygens (including phenoxy) is 1. The summed E-state index contributed by atoms with van der Waals surface area (Å²) >= 11 is 7.92. The van der Waals surface area contributed by atoms with Gasteiger partial charge in [0.2, 0.25) is 5.88 Å². The Morgan fingerprint density at radius 3 is 2.73 bits per heavy atom. The highest BCUT2D eigenvalue weighted by atomic mass is 35.5. The molecule has 2 saturated heterocycles. The van der Waals surface area contributed by atoms with Crippen LogP contribution in [0.15, 0.2) is 45.3 Å². The number of aryl methyl sites for hydroxylation is 1. The van der Waals surface area contributed by atoms with Crippen molar-refractivity contribution < 1.29 is 19.7 Å². The smallest absolute Gasteiger partial charge is 0.270 e. The largest absolute Gasteiger partial charge is 0.493 e. The summed E-state index contributed by atoms with van der Waals surface area (Å²) in [7, 11) is 0. The topological polar surface area (TPSA) is 143 Å². The predicted molar refractivity (Wildman–Crippen MR) is 149 cm³/mol. The van der Waals surface area contributed by atoms with Crippen LogP contribution in [0.4, 0.5) is 11.5 Å². The fraction of sp³-hybridized carbons (Fsp3) is 0.444. The number of nitrogens with zero attached hydrogens (tertiary/aromatic N) is 5. The van der Waals surface area contributed by atoms with Crippen LogP contribution >= 0.6 is 23.4 Å². The van der Waals surface area contributed by atoms with Gasteiger partial charge in [-0.15, -0.1) is 0 Å². The Morgan fingerprint density at radius 2 is 2.00 bits per heavy atom. The Labute approximate surface area is 239 Å². The van der Waals surface area contributed by atoms with Crippen molar-refractivity contribution in [2.45, 2.75) is 54.7 Å². The van der Waals surface area contributed by atoms with E-state index in [1.54, 1.807) is 30.6 Å². The Balaban J connectivity index is 1.13. The predicted octanol–water partition coefficient (Wildman–Crippen LogP) is 3.11. The molecular formula is C27H29ClN6O5S. The Kier molecular flexibility index (Phi) is 7.43. The molecule has 210 valence electrons. The van der Waals surface area contributed by atoms with E-state index in [9.17, 15) is 19.8 Å². The number of fused-ring (bicyclic) bond motifs is 1. The first-order valence-electron chi connectivity index (χ1n) is 13.3. The normalized spacial score (nSPS) is 19.9. The Morgan fingerprint density at radius 1 is 1.18 bits per heavy atom. The van der Waals surface area contributed by atoms with Gasteiger partial charge in [-0.2, -0.15) is 4.98 Å². The quantitative estimate of drug-likeness (QED) is 0.409. The summed E-state index contributed by atoms with van der Waals surface area (Å²) in [4.78, 5) is 41.9. The van der Waals surface area contributed by atoms with Gasteiger partial charge >= 0.3 is 0 Å². The molecule has 0 radical (unpaired) electrons. The molecule has 1 amide bonds. The lowest BCUT2D eigenvalue weighted by molar-refractivity contribution is 0.0493. The number of carbonyl (C=O) groups excluding carboxylic acids is 1. The number of amides is 1. The average Bonchev–Trinajstić information content (AvgIpc) is 3.30. The van der Waals surface area contributed by atoms with Crippen molar-refractivity contribution in [2.75, 3.05) is 36.5 Å². The number of benzene rings is 1. The van der Waals surface area contributed by atoms with Crippen LogP contribution in [0.5, 0.6) is 5.88 Å². The summed E-state index contributed by atoms with van der Waals surface area (Å²) in [6.07, 6.45) is 6.94. The number of hydrogen-bond donors (Lipinski definition) is 3. The molecule has 1 aromatic carbocycles. The molecule has 3 N–H and O–H groups in total. The van der Waals surface area contributed by atoms with Crippen molar-refractivity contribution in [3.63, 3.8) is 0 Å². The maximum Gasteiger partial charge on any atom is 0.270 e. The molecule has 11 nitrogen and oxygen atoms in total. The number of halogens is 1. The van der Waals surface area contributed by atoms with Gasteiger partial charge in [-0.3, -0.25) is 14.2 Å². The molecule has 2 fully saturated rings. The highest BCUT2D eigenvalue weighted by Crippen LogP contribution is 2.41. The minimum absolute atomic E-state index is 0.153. The lowest BCUT2D eigenvalue weighted by Gasteiger charge is -2.40. The van der Waals surface area contributed by atoms with Crippen molar-refractivity contribution in [3.05, 3.63) is 57.4 Å². The van der Waals surface area contributed by atoms with Gasteiger partial charge in [0, 0.05) is 36.4 Å². The number of carbonyl (C=O) groups is 1. The maximum atomic E-state index is 13.0. The van der Waals surface area contributed by atoms with Gasteiger partial charge in [0.15, 0.2) is 5.56 Å². The molecule has 3 aromatic rings. The standard InChI is InChI=1S/C27H29ClN6O5S/c28-23-16(31-24(36)22-25(37)32-19-6-1-2-9-34(19)26(22)38)4-3-5-17(23)40-21-13-29-20(12-30-21)33-10-7-27(8-11-33)15-39-14-18(27)35/h3-5,12-13,18,35,37H,1-2,6-11,14-15H2,(H,31,36)/t18-/m1/s1. The monoisotopic (exact) mass is 584 g/mol. The van der Waals surface area contributed by atoms with Crippen LogP contribution in [0.2, 0.25) is 5.02 Å². The zero-order chi connectivity index (χ0) is 27.9. The first kappa shape index (κ1) is 27.0. The number of aromatic hydroxyl groups is 1. The third-order valence-corrected chi connectivity index (χ3v) is 9.48. The average molecular weight is 585 g/mol. The second-order valence-corrected chi connectivity index (χ2v) is 11.8. The second-order valence-electron chi connectivity index (χ2n) is 10.4. The third kappa shape index (κ3) is 5.05. The lowest BCUT2D eigenvalue weighted by Crippen LogP contribution is -2.46. The van der Waals surface area contributed by atoms with Crippen LogP contribution < -0.4 is 15.8 Å². The molecule has 1 spiro atoms. The number of anilines is 2. The SMILES string of the molecule is O=C(Nc1cccc(Sc2cnc(N3CCC4(CC3)COC[C@H]4O)cn2)c1Cl)c1c(O)nc2n(c1=O)CCCC2. The summed E-state index contributed by atoms with van der Waals surface area (Å²) < 4.78 is 6.94. The fourth-order valence-electron chi connectivity index (χ4n) is 5.57. The minimum Gasteiger partial charge on any atom is -0.493 e. The van der Waals surface area contributed by atoms with Gasteiger partial charge in [-0.25, -0.2) is 9.97 Å². The number of nitrogens with one attached hydrogen (secondary N) is 1. The highest BCUT2D eigenvalue weighted by Gasteiger charge is 2.45. The molecule has 0 unspecified atom stereocenters. The van der Waals surface area contributed by atoms with E-state index in [1.165, 1.54) is 16.3 Å². The van der Waals surface area contributed by atoms with Crippen molar-refractivity contribution >= 4 is 40.8 Å². The first-order chi connectivity index (χ1) is 19.3. The molecule has 0 bridgehead atoms. The molecule has 3 aliphatic rings. The summed E-state index contributed by atoms with van der Waals surface area (Å²) in [6, 6.07) is 5.15. The molecule has 0 aliphatic carbocycles. The molecule has 1 atom stereocenters. The van der Waals surface area contributed by atoms with Gasteiger partial charge in [0.25, 0.3) is 11.5 Å². The van der Waals surface area contributed by atoms with Gasteiger partial charge in [-0.1, -0.05) is 29.4 Å². The van der Waals surface area contributed by atoms with E-state index in [0.717, 1.165) is 44.6 Å². The zero-order valence-electron chi connectivity index (χ0n) is 21.7. The van der Waals surface area contributed by atoms with Gasteiger partial charge in [0.1, 0.15) is 16.7 Å². The minimum atomic E-state index is -0.774. The van der Waals surface area contributed by atoms with E-state index in [2.05, 4.69) is 25.2 Å². The number of piperidine rings is 1. The molecule has 0 saturated carbocycles. The van der Waals surface area contributed by atoms with Crippen molar-refractivity contribution in [1.82, 2.24) is 19.5 Å². The van der Waals surface area contributed by atoms with E-state index in [0.29, 0.717) is 47.6 Å². The van der Waals surface area contributed by atoms with Crippen LogP contribution in [-0.4, -0.2) is 68.0 Å². The second kappa shape index (κ2) is 11.0. The summed E-state index contributed by atoms with van der Waals surface area (Å²) in [5.74, 6) is -0.0990. The molecule has 6 rings (SSSR count). The van der Waals surface area contributed by atoms with E-state index in [1.807, 2.05) is 0 Å². The van der Waals surface area contributed by atoms with E-state index < -0.39 is 29.0 Å². The van der Waals surface area contributed by atoms with Gasteiger partial charge in [0.05, 0.1) is 42.4 Å². The van der Waals surface area contributed by atoms with Crippen LogP contribution in [-0.2, 0) is 17.7 Å². The molecule has 13 heteroatoms. The molecular weight excluding hydrogens is 556 g/mol. The van der Waals surface area contributed by atoms with Crippen molar-refractivity contribution in [3.8, 4) is 5.88 Å².